The van der Waals surface area contributed by atoms with Crippen LogP contribution in [0.2, 0.25) is 0 Å². The Morgan fingerprint density at radius 1 is 0.882 bits per heavy atom. The number of thiazole rings is 1. The highest BCUT2D eigenvalue weighted by Crippen LogP contribution is 2.26. The van der Waals surface area contributed by atoms with Crippen molar-refractivity contribution in [1.82, 2.24) is 15.0 Å². The molecule has 8 heteroatoms. The highest BCUT2D eigenvalue weighted by atomic mass is 32.1. The van der Waals surface area contributed by atoms with Gasteiger partial charge in [0.2, 0.25) is 0 Å². The maximum Gasteiger partial charge on any atom is 0.339 e. The summed E-state index contributed by atoms with van der Waals surface area (Å²) in [6, 6.07) is 22.3. The highest BCUT2D eigenvalue weighted by molar-refractivity contribution is 7.14. The number of benzene rings is 2. The first kappa shape index (κ1) is 21.4. The van der Waals surface area contributed by atoms with Gasteiger partial charge in [-0.3, -0.25) is 15.1 Å². The van der Waals surface area contributed by atoms with Crippen LogP contribution < -0.4 is 5.32 Å². The van der Waals surface area contributed by atoms with Gasteiger partial charge in [0.25, 0.3) is 5.91 Å². The summed E-state index contributed by atoms with van der Waals surface area (Å²) in [7, 11) is 0. The summed E-state index contributed by atoms with van der Waals surface area (Å²) >= 11 is 1.31. The Labute approximate surface area is 199 Å². The van der Waals surface area contributed by atoms with Crippen molar-refractivity contribution in [2.24, 2.45) is 0 Å². The highest BCUT2D eigenvalue weighted by Gasteiger charge is 2.17. The number of esters is 1. The van der Waals surface area contributed by atoms with Crippen molar-refractivity contribution in [3.05, 3.63) is 96.1 Å². The summed E-state index contributed by atoms with van der Waals surface area (Å²) in [6.07, 6.45) is 3.35. The Balaban J connectivity index is 1.30. The predicted octanol–water partition coefficient (Wildman–Crippen LogP) is 5.22. The van der Waals surface area contributed by atoms with E-state index in [1.807, 2.05) is 60.0 Å². The average Bonchev–Trinajstić information content (AvgIpc) is 3.36. The third-order valence-electron chi connectivity index (χ3n) is 5.05. The van der Waals surface area contributed by atoms with Crippen LogP contribution in [0.1, 0.15) is 10.4 Å². The maximum atomic E-state index is 12.9. The largest absolute Gasteiger partial charge is 0.452 e. The molecule has 5 rings (SSSR count). The van der Waals surface area contributed by atoms with Crippen LogP contribution in [0.4, 0.5) is 5.13 Å². The topological polar surface area (TPSA) is 94.1 Å². The molecule has 3 aromatic heterocycles. The number of anilines is 1. The summed E-state index contributed by atoms with van der Waals surface area (Å²) in [6.45, 7) is -0.433. The molecule has 34 heavy (non-hydrogen) atoms. The van der Waals surface area contributed by atoms with Gasteiger partial charge in [0, 0.05) is 34.3 Å². The fourth-order valence-electron chi connectivity index (χ4n) is 3.44. The van der Waals surface area contributed by atoms with E-state index in [1.165, 1.54) is 11.3 Å². The summed E-state index contributed by atoms with van der Waals surface area (Å²) in [5.41, 5.74) is 4.08. The van der Waals surface area contributed by atoms with Gasteiger partial charge in [-0.1, -0.05) is 48.5 Å². The lowest BCUT2D eigenvalue weighted by Gasteiger charge is -2.10. The lowest BCUT2D eigenvalue weighted by Crippen LogP contribution is -2.21. The van der Waals surface area contributed by atoms with Crippen LogP contribution in [0.25, 0.3) is 33.4 Å². The summed E-state index contributed by atoms with van der Waals surface area (Å²) in [4.78, 5) is 38.5. The van der Waals surface area contributed by atoms with Crippen LogP contribution in [0.15, 0.2) is 90.6 Å². The van der Waals surface area contributed by atoms with Crippen molar-refractivity contribution < 1.29 is 14.3 Å². The minimum Gasteiger partial charge on any atom is -0.452 e. The first-order chi connectivity index (χ1) is 16.7. The van der Waals surface area contributed by atoms with E-state index in [9.17, 15) is 9.59 Å². The molecule has 0 aliphatic carbocycles. The minimum atomic E-state index is -0.608. The van der Waals surface area contributed by atoms with E-state index in [0.29, 0.717) is 27.3 Å². The number of amides is 1. The predicted molar refractivity (Wildman–Crippen MR) is 131 cm³/mol. The minimum absolute atomic E-state index is 0.331. The average molecular weight is 467 g/mol. The van der Waals surface area contributed by atoms with E-state index in [1.54, 1.807) is 30.6 Å². The van der Waals surface area contributed by atoms with Gasteiger partial charge in [-0.2, -0.15) is 0 Å². The van der Waals surface area contributed by atoms with Crippen molar-refractivity contribution in [3.63, 3.8) is 0 Å². The lowest BCUT2D eigenvalue weighted by atomic mass is 10.1. The summed E-state index contributed by atoms with van der Waals surface area (Å²) in [5, 5.41) is 5.63. The van der Waals surface area contributed by atoms with E-state index < -0.39 is 18.5 Å². The molecule has 7 nitrogen and oxygen atoms in total. The molecule has 0 saturated heterocycles. The van der Waals surface area contributed by atoms with Crippen molar-refractivity contribution in [2.45, 2.75) is 0 Å². The Bertz CT molecular complexity index is 1470. The van der Waals surface area contributed by atoms with E-state index >= 15 is 0 Å². The van der Waals surface area contributed by atoms with Crippen molar-refractivity contribution in [1.29, 1.82) is 0 Å². The molecule has 0 radical (unpaired) electrons. The first-order valence-electron chi connectivity index (χ1n) is 10.5. The Morgan fingerprint density at radius 2 is 1.68 bits per heavy atom. The fourth-order valence-corrected chi connectivity index (χ4v) is 4.18. The molecular weight excluding hydrogens is 448 g/mol. The summed E-state index contributed by atoms with van der Waals surface area (Å²) < 4.78 is 5.33. The van der Waals surface area contributed by atoms with Crippen LogP contribution in [-0.4, -0.2) is 33.4 Å². The van der Waals surface area contributed by atoms with Gasteiger partial charge in [-0.25, -0.2) is 14.8 Å². The van der Waals surface area contributed by atoms with E-state index in [4.69, 9.17) is 4.74 Å². The SMILES string of the molecule is O=C(COC(=O)c1cc(-c2cccnc2)nc2ccccc12)Nc1nc(-c2ccccc2)cs1. The molecule has 0 bridgehead atoms. The van der Waals surface area contributed by atoms with Gasteiger partial charge in [0.05, 0.1) is 22.5 Å². The Morgan fingerprint density at radius 3 is 2.50 bits per heavy atom. The standard InChI is InChI=1S/C26H18N4O3S/c31-24(30-26-29-23(16-34-26)17-7-2-1-3-8-17)15-33-25(32)20-13-22(18-9-6-12-27-14-18)28-21-11-5-4-10-19(20)21/h1-14,16H,15H2,(H,29,30,31). The molecule has 166 valence electrons. The number of carbonyl (C=O) groups is 2. The third-order valence-corrected chi connectivity index (χ3v) is 5.81. The third kappa shape index (κ3) is 4.67. The molecule has 5 aromatic rings. The maximum absolute atomic E-state index is 12.9. The van der Waals surface area contributed by atoms with Gasteiger partial charge in [-0.15, -0.1) is 11.3 Å². The number of pyridine rings is 2. The van der Waals surface area contributed by atoms with Crippen LogP contribution in [0, 0.1) is 0 Å². The number of ether oxygens (including phenoxy) is 1. The second-order valence-electron chi connectivity index (χ2n) is 7.34. The van der Waals surface area contributed by atoms with Crippen LogP contribution in [-0.2, 0) is 9.53 Å². The molecule has 1 N–H and O–H groups in total. The number of rotatable bonds is 6. The first-order valence-corrected chi connectivity index (χ1v) is 11.3. The van der Waals surface area contributed by atoms with Gasteiger partial charge in [0.1, 0.15) is 0 Å². The zero-order chi connectivity index (χ0) is 23.3. The van der Waals surface area contributed by atoms with Gasteiger partial charge in [-0.05, 0) is 24.3 Å². The van der Waals surface area contributed by atoms with Crippen LogP contribution in [0.5, 0.6) is 0 Å². The number of hydrogen-bond donors (Lipinski definition) is 1. The van der Waals surface area contributed by atoms with Gasteiger partial charge in [0.15, 0.2) is 11.7 Å². The molecule has 0 unspecified atom stereocenters. The molecule has 0 aliphatic heterocycles. The zero-order valence-corrected chi connectivity index (χ0v) is 18.7. The monoisotopic (exact) mass is 466 g/mol. The fraction of sp³-hybridized carbons (Fsp3) is 0.0385. The summed E-state index contributed by atoms with van der Waals surface area (Å²) in [5.74, 6) is -1.07. The smallest absolute Gasteiger partial charge is 0.339 e. The van der Waals surface area contributed by atoms with Crippen molar-refractivity contribution in [2.75, 3.05) is 11.9 Å². The molecule has 0 atom stereocenters. The molecule has 2 aromatic carbocycles. The Kier molecular flexibility index (Phi) is 6.05. The van der Waals surface area contributed by atoms with Crippen LogP contribution >= 0.6 is 11.3 Å². The lowest BCUT2D eigenvalue weighted by molar-refractivity contribution is -0.119. The zero-order valence-electron chi connectivity index (χ0n) is 17.8. The van der Waals surface area contributed by atoms with E-state index in [0.717, 1.165) is 16.8 Å². The number of nitrogens with one attached hydrogen (secondary N) is 1. The number of nitrogens with zero attached hydrogens (tertiary/aromatic N) is 3. The molecule has 0 saturated carbocycles. The number of fused-ring (bicyclic) bond motifs is 1. The number of carbonyl (C=O) groups excluding carboxylic acids is 2. The van der Waals surface area contributed by atoms with Crippen molar-refractivity contribution >= 4 is 39.2 Å². The van der Waals surface area contributed by atoms with Crippen molar-refractivity contribution in [3.8, 4) is 22.5 Å². The Hall–Kier alpha value is -4.43. The number of hydrogen-bond acceptors (Lipinski definition) is 7. The quantitative estimate of drug-likeness (QED) is 0.345. The normalized spacial score (nSPS) is 10.7. The molecule has 3 heterocycles. The molecule has 1 amide bonds. The van der Waals surface area contributed by atoms with E-state index in [-0.39, 0.29) is 0 Å². The number of para-hydroxylation sites is 1. The molecular formula is C26H18N4O3S. The number of aromatic nitrogens is 3. The van der Waals surface area contributed by atoms with Gasteiger partial charge < -0.3 is 4.74 Å². The van der Waals surface area contributed by atoms with Crippen LogP contribution in [0.3, 0.4) is 0 Å². The van der Waals surface area contributed by atoms with E-state index in [2.05, 4.69) is 20.3 Å². The second kappa shape index (κ2) is 9.60. The molecule has 0 fully saturated rings. The molecule has 0 spiro atoms. The van der Waals surface area contributed by atoms with Gasteiger partial charge >= 0.3 is 5.97 Å². The second-order valence-corrected chi connectivity index (χ2v) is 8.20. The molecule has 0 aliphatic rings.